The van der Waals surface area contributed by atoms with E-state index < -0.39 is 10.8 Å². The van der Waals surface area contributed by atoms with Crippen molar-refractivity contribution in [3.63, 3.8) is 0 Å². The molecule has 2 rings (SSSR count). The van der Waals surface area contributed by atoms with Crippen molar-refractivity contribution in [3.8, 4) is 0 Å². The predicted molar refractivity (Wildman–Crippen MR) is 104 cm³/mol. The third-order valence-corrected chi connectivity index (χ3v) is 4.96. The molecule has 1 atom stereocenters. The monoisotopic (exact) mass is 452 g/mol. The number of rotatable bonds is 6. The van der Waals surface area contributed by atoms with E-state index in [1.165, 1.54) is 6.08 Å². The molecule has 0 spiro atoms. The van der Waals surface area contributed by atoms with E-state index in [4.69, 9.17) is 0 Å². The minimum absolute atomic E-state index is 0.0138. The van der Waals surface area contributed by atoms with Gasteiger partial charge >= 0.3 is 0 Å². The van der Waals surface area contributed by atoms with Gasteiger partial charge in [0.1, 0.15) is 0 Å². The molecule has 0 N–H and O–H groups in total. The first-order valence-corrected chi connectivity index (χ1v) is 9.77. The Hall–Kier alpha value is -1.30. The number of hydrogen-bond donors (Lipinski definition) is 0. The average Bonchev–Trinajstić information content (AvgIpc) is 2.54. The molecule has 2 aromatic rings. The van der Waals surface area contributed by atoms with E-state index in [-0.39, 0.29) is 11.5 Å². The van der Waals surface area contributed by atoms with Crippen LogP contribution >= 0.6 is 31.9 Å². The lowest BCUT2D eigenvalue weighted by Crippen LogP contribution is -2.05. The molecular formula is C18H14Br2O2S. The summed E-state index contributed by atoms with van der Waals surface area (Å²) in [6, 6.07) is 15.3. The molecule has 0 fully saturated rings. The second kappa shape index (κ2) is 9.11. The largest absolute Gasteiger partial charge is 0.294 e. The molecule has 2 aromatic carbocycles. The molecule has 0 radical (unpaired) electrons. The van der Waals surface area contributed by atoms with Gasteiger partial charge in [-0.15, -0.1) is 0 Å². The number of halogens is 2. The molecule has 0 heterocycles. The smallest absolute Gasteiger partial charge is 0.168 e. The zero-order valence-corrected chi connectivity index (χ0v) is 16.1. The fraction of sp³-hybridized carbons (Fsp3) is 0.0556. The highest BCUT2D eigenvalue weighted by atomic mass is 79.9. The number of carbonyl (C=O) groups is 1. The number of hydrogen-bond acceptors (Lipinski definition) is 2. The topological polar surface area (TPSA) is 34.1 Å². The van der Waals surface area contributed by atoms with Crippen molar-refractivity contribution in [1.29, 1.82) is 0 Å². The van der Waals surface area contributed by atoms with Crippen molar-refractivity contribution in [1.82, 2.24) is 0 Å². The fourth-order valence-corrected chi connectivity index (χ4v) is 3.04. The molecule has 23 heavy (non-hydrogen) atoms. The van der Waals surface area contributed by atoms with Gasteiger partial charge in [0, 0.05) is 14.4 Å². The van der Waals surface area contributed by atoms with Gasteiger partial charge in [0.05, 0.1) is 16.6 Å². The Morgan fingerprint density at radius 3 is 1.87 bits per heavy atom. The van der Waals surface area contributed by atoms with E-state index in [2.05, 4.69) is 31.9 Å². The molecule has 0 saturated carbocycles. The summed E-state index contributed by atoms with van der Waals surface area (Å²) in [6.07, 6.45) is 4.95. The van der Waals surface area contributed by atoms with E-state index in [9.17, 15) is 9.00 Å². The molecule has 2 nitrogen and oxygen atoms in total. The van der Waals surface area contributed by atoms with Crippen LogP contribution in [0.15, 0.2) is 69.0 Å². The van der Waals surface area contributed by atoms with Gasteiger partial charge in [-0.3, -0.25) is 9.00 Å². The molecule has 1 unspecified atom stereocenters. The van der Waals surface area contributed by atoms with Gasteiger partial charge in [-0.2, -0.15) is 0 Å². The molecule has 0 aliphatic heterocycles. The lowest BCUT2D eigenvalue weighted by molar-refractivity contribution is -0.112. The van der Waals surface area contributed by atoms with Crippen LogP contribution in [0, 0.1) is 0 Å². The summed E-state index contributed by atoms with van der Waals surface area (Å²) in [6.45, 7) is 0. The van der Waals surface area contributed by atoms with E-state index in [1.807, 2.05) is 48.5 Å². The highest BCUT2D eigenvalue weighted by molar-refractivity contribution is 9.10. The van der Waals surface area contributed by atoms with Crippen LogP contribution in [-0.2, 0) is 15.6 Å². The summed E-state index contributed by atoms with van der Waals surface area (Å²) in [5.41, 5.74) is 1.87. The lowest BCUT2D eigenvalue weighted by atomic mass is 10.2. The van der Waals surface area contributed by atoms with E-state index in [0.717, 1.165) is 20.1 Å². The lowest BCUT2D eigenvalue weighted by Gasteiger charge is -1.96. The van der Waals surface area contributed by atoms with Gasteiger partial charge in [0.25, 0.3) is 0 Å². The highest BCUT2D eigenvalue weighted by Crippen LogP contribution is 2.12. The first-order valence-electron chi connectivity index (χ1n) is 6.80. The van der Waals surface area contributed by atoms with Gasteiger partial charge in [-0.05, 0) is 47.5 Å². The van der Waals surface area contributed by atoms with Crippen LogP contribution in [0.25, 0.3) is 12.2 Å². The number of allylic oxidation sites excluding steroid dienone is 1. The summed E-state index contributed by atoms with van der Waals surface area (Å²) < 4.78 is 13.9. The van der Waals surface area contributed by atoms with Gasteiger partial charge in [-0.1, -0.05) is 62.2 Å². The standard InChI is InChI=1S/C18H14Br2O2S/c19-16-6-1-14(2-7-16)5-10-18(21)13-23(22)12-11-15-3-8-17(20)9-4-15/h1-12H,13H2/b10-5?,12-11+. The first kappa shape index (κ1) is 18.0. The second-order valence-electron chi connectivity index (χ2n) is 4.73. The zero-order valence-electron chi connectivity index (χ0n) is 12.1. The molecule has 0 amide bonds. The van der Waals surface area contributed by atoms with Crippen molar-refractivity contribution in [3.05, 3.63) is 80.1 Å². The zero-order chi connectivity index (χ0) is 16.7. The Labute approximate surface area is 155 Å². The molecule has 0 aliphatic carbocycles. The molecular weight excluding hydrogens is 440 g/mol. The Bertz CT molecular complexity index is 682. The van der Waals surface area contributed by atoms with Crippen LogP contribution in [0.2, 0.25) is 0 Å². The van der Waals surface area contributed by atoms with Crippen molar-refractivity contribution in [2.24, 2.45) is 0 Å². The maximum atomic E-state index is 11.9. The number of benzene rings is 2. The van der Waals surface area contributed by atoms with Crippen molar-refractivity contribution in [2.45, 2.75) is 0 Å². The Kier molecular flexibility index (Phi) is 7.15. The van der Waals surface area contributed by atoms with Crippen LogP contribution in [0.3, 0.4) is 0 Å². The number of carbonyl (C=O) groups excluding carboxylic acids is 1. The molecule has 0 aliphatic rings. The Morgan fingerprint density at radius 2 is 1.35 bits per heavy atom. The third kappa shape index (κ3) is 6.77. The molecule has 5 heteroatoms. The Balaban J connectivity index is 1.88. The third-order valence-electron chi connectivity index (χ3n) is 2.90. The average molecular weight is 454 g/mol. The molecule has 0 bridgehead atoms. The van der Waals surface area contributed by atoms with Gasteiger partial charge in [0.15, 0.2) is 5.78 Å². The fourth-order valence-electron chi connectivity index (χ4n) is 1.73. The van der Waals surface area contributed by atoms with E-state index >= 15 is 0 Å². The van der Waals surface area contributed by atoms with Crippen LogP contribution in [0.4, 0.5) is 0 Å². The first-order chi connectivity index (χ1) is 11.0. The predicted octanol–water partition coefficient (Wildman–Crippen LogP) is 5.21. The summed E-state index contributed by atoms with van der Waals surface area (Å²) in [4.78, 5) is 11.8. The summed E-state index contributed by atoms with van der Waals surface area (Å²) in [5.74, 6) is -0.174. The quantitative estimate of drug-likeness (QED) is 0.562. The molecule has 0 saturated heterocycles. The van der Waals surface area contributed by atoms with E-state index in [1.54, 1.807) is 17.6 Å². The van der Waals surface area contributed by atoms with Crippen molar-refractivity contribution in [2.75, 3.05) is 5.75 Å². The minimum atomic E-state index is -1.32. The highest BCUT2D eigenvalue weighted by Gasteiger charge is 2.02. The summed E-state index contributed by atoms with van der Waals surface area (Å²) >= 11 is 6.72. The van der Waals surface area contributed by atoms with E-state index in [0.29, 0.717) is 0 Å². The molecule has 0 aromatic heterocycles. The van der Waals surface area contributed by atoms with Gasteiger partial charge < -0.3 is 0 Å². The van der Waals surface area contributed by atoms with Gasteiger partial charge in [-0.25, -0.2) is 0 Å². The summed E-state index contributed by atoms with van der Waals surface area (Å²) in [5, 5.41) is 1.55. The van der Waals surface area contributed by atoms with Crippen LogP contribution in [-0.4, -0.2) is 15.7 Å². The maximum absolute atomic E-state index is 11.9. The number of ketones is 1. The summed E-state index contributed by atoms with van der Waals surface area (Å²) in [7, 11) is -1.32. The van der Waals surface area contributed by atoms with Crippen molar-refractivity contribution < 1.29 is 9.00 Å². The van der Waals surface area contributed by atoms with Gasteiger partial charge in [0.2, 0.25) is 0 Å². The maximum Gasteiger partial charge on any atom is 0.168 e. The Morgan fingerprint density at radius 1 is 0.870 bits per heavy atom. The van der Waals surface area contributed by atoms with Crippen LogP contribution < -0.4 is 0 Å². The SMILES string of the molecule is O=C(C=Cc1ccc(Br)cc1)CS(=O)/C=C/c1ccc(Br)cc1. The normalized spacial score (nSPS) is 12.8. The van der Waals surface area contributed by atoms with Crippen molar-refractivity contribution >= 4 is 60.6 Å². The van der Waals surface area contributed by atoms with Crippen LogP contribution in [0.5, 0.6) is 0 Å². The van der Waals surface area contributed by atoms with Crippen LogP contribution in [0.1, 0.15) is 11.1 Å². The molecule has 118 valence electrons. The second-order valence-corrected chi connectivity index (χ2v) is 7.88. The minimum Gasteiger partial charge on any atom is -0.294 e.